The second kappa shape index (κ2) is 21.8. The summed E-state index contributed by atoms with van der Waals surface area (Å²) in [6, 6.07) is 12.0. The highest BCUT2D eigenvalue weighted by Gasteiger charge is 2.49. The van der Waals surface area contributed by atoms with Crippen molar-refractivity contribution in [3.63, 3.8) is 0 Å². The largest absolute Gasteiger partial charge is 0.477 e. The van der Waals surface area contributed by atoms with Gasteiger partial charge in [-0.15, -0.1) is 20.4 Å². The van der Waals surface area contributed by atoms with Gasteiger partial charge in [-0.25, -0.2) is 22.5 Å². The zero-order valence-corrected chi connectivity index (χ0v) is 48.8. The number of alkyl halides is 10. The van der Waals surface area contributed by atoms with Gasteiger partial charge in [0.15, 0.2) is 0 Å². The van der Waals surface area contributed by atoms with Gasteiger partial charge in [-0.05, 0) is 88.7 Å². The van der Waals surface area contributed by atoms with E-state index in [0.717, 1.165) is 30.5 Å². The fourth-order valence-corrected chi connectivity index (χ4v) is 13.2. The molecule has 2 atom stereocenters. The lowest BCUT2D eigenvalue weighted by Crippen LogP contribution is -2.49. The molecule has 0 N–H and O–H groups in total. The molecule has 5 fully saturated rings. The van der Waals surface area contributed by atoms with Crippen molar-refractivity contribution in [2.75, 3.05) is 69.0 Å². The Morgan fingerprint density at radius 2 is 1.12 bits per heavy atom. The van der Waals surface area contributed by atoms with Crippen LogP contribution in [0.2, 0.25) is 0 Å². The van der Waals surface area contributed by atoms with Crippen LogP contribution in [-0.2, 0) is 92.2 Å². The van der Waals surface area contributed by atoms with Gasteiger partial charge in [-0.1, -0.05) is 13.8 Å². The molecule has 1 aliphatic carbocycles. The average molecular weight is 1240 g/mol. The number of nitrogens with zero attached hydrogens (tertiary/aromatic N) is 12. The summed E-state index contributed by atoms with van der Waals surface area (Å²) in [6.45, 7) is 2.78. The highest BCUT2D eigenvalue weighted by Crippen LogP contribution is 2.48. The summed E-state index contributed by atoms with van der Waals surface area (Å²) in [7, 11) is 3.59. The quantitative estimate of drug-likeness (QED) is 0.0795. The Morgan fingerprint density at radius 3 is 1.59 bits per heavy atom. The highest BCUT2D eigenvalue weighted by molar-refractivity contribution is 6.11. The summed E-state index contributed by atoms with van der Waals surface area (Å²) in [5, 5.41) is 17.4. The number of amides is 2. The first-order valence-electron chi connectivity index (χ1n) is 29.5. The maximum atomic E-state index is 15.0. The van der Waals surface area contributed by atoms with Gasteiger partial charge in [0.25, 0.3) is 23.7 Å². The minimum atomic E-state index is -4.85. The molecule has 2 amide bonds. The molecule has 17 nitrogen and oxygen atoms in total. The SMILES string of the molecule is C[C@@H]1CN(Cc2cc3c(c(C(F)(F)F)c2)CN(c2cc(C4(Cc5nncn5C)COC4)cc(OCCc4nnc(CC5(c6cc(C7CC7)nc(N7Cc8c(cc(CN9CCC(F)(F)[C@H](C)C9)cc8C(F)(F)F)C7=O)c6)COC5)n4C)n2)C3=O)CCC1(F)F. The van der Waals surface area contributed by atoms with Gasteiger partial charge in [-0.3, -0.25) is 29.2 Å². The molecule has 13 rings (SSSR count). The molecule has 88 heavy (non-hydrogen) atoms. The maximum Gasteiger partial charge on any atom is 0.416 e. The predicted molar refractivity (Wildman–Crippen MR) is 296 cm³/mol. The van der Waals surface area contributed by atoms with Crippen LogP contribution < -0.4 is 14.5 Å². The number of aryl methyl sites for hydroxylation is 1. The van der Waals surface area contributed by atoms with Gasteiger partial charge in [0.1, 0.15) is 35.4 Å². The first-order valence-corrected chi connectivity index (χ1v) is 29.5. The number of hydrogen-bond donors (Lipinski definition) is 0. The van der Waals surface area contributed by atoms with Crippen LogP contribution >= 0.6 is 0 Å². The number of fused-ring (bicyclic) bond motifs is 2. The lowest BCUT2D eigenvalue weighted by Gasteiger charge is -2.42. The molecule has 6 aliphatic heterocycles. The molecule has 27 heteroatoms. The van der Waals surface area contributed by atoms with E-state index in [-0.39, 0.29) is 142 Å². The topological polar surface area (TPSA) is 162 Å². The van der Waals surface area contributed by atoms with Crippen LogP contribution in [0.25, 0.3) is 0 Å². The van der Waals surface area contributed by atoms with E-state index in [9.17, 15) is 53.5 Å². The van der Waals surface area contributed by atoms with Gasteiger partial charge in [-0.2, -0.15) is 31.3 Å². The van der Waals surface area contributed by atoms with E-state index in [1.807, 2.05) is 10.6 Å². The van der Waals surface area contributed by atoms with E-state index in [2.05, 4.69) is 20.4 Å². The van der Waals surface area contributed by atoms with E-state index in [0.29, 0.717) is 41.6 Å². The van der Waals surface area contributed by atoms with Crippen LogP contribution in [0.3, 0.4) is 0 Å². The van der Waals surface area contributed by atoms with Gasteiger partial charge >= 0.3 is 12.4 Å². The van der Waals surface area contributed by atoms with E-state index >= 15 is 0 Å². The predicted octanol–water partition coefficient (Wildman–Crippen LogP) is 9.57. The van der Waals surface area contributed by atoms with Crippen molar-refractivity contribution < 1.29 is 67.7 Å². The van der Waals surface area contributed by atoms with Crippen molar-refractivity contribution in [2.24, 2.45) is 25.9 Å². The lowest BCUT2D eigenvalue weighted by molar-refractivity contribution is -0.139. The van der Waals surface area contributed by atoms with E-state index in [1.165, 1.54) is 35.8 Å². The number of likely N-dealkylation sites (tertiary alicyclic amines) is 2. The molecule has 0 unspecified atom stereocenters. The Labute approximate surface area is 499 Å². The van der Waals surface area contributed by atoms with Crippen molar-refractivity contribution in [1.29, 1.82) is 0 Å². The molecule has 1 saturated carbocycles. The molecule has 0 radical (unpaired) electrons. The van der Waals surface area contributed by atoms with Crippen LogP contribution in [-0.4, -0.2) is 132 Å². The Balaban J connectivity index is 0.746. The molecular formula is C61H64F10N12O5. The molecule has 0 bridgehead atoms. The number of benzene rings is 2. The van der Waals surface area contributed by atoms with Crippen molar-refractivity contribution in [1.82, 2.24) is 49.3 Å². The number of pyridine rings is 2. The van der Waals surface area contributed by atoms with Crippen molar-refractivity contribution in [2.45, 2.75) is 126 Å². The number of anilines is 2. The van der Waals surface area contributed by atoms with Crippen LogP contribution in [0.5, 0.6) is 5.88 Å². The molecule has 4 aromatic heterocycles. The third-order valence-corrected chi connectivity index (χ3v) is 19.0. The third kappa shape index (κ3) is 11.2. The molecule has 6 aromatic rings. The second-order valence-corrected chi connectivity index (χ2v) is 25.3. The monoisotopic (exact) mass is 1230 g/mol. The molecule has 4 saturated heterocycles. The maximum absolute atomic E-state index is 15.0. The third-order valence-electron chi connectivity index (χ3n) is 19.0. The summed E-state index contributed by atoms with van der Waals surface area (Å²) >= 11 is 0. The molecular weight excluding hydrogens is 1170 g/mol. The van der Waals surface area contributed by atoms with Gasteiger partial charge in [0, 0.05) is 137 Å². The first kappa shape index (κ1) is 59.8. The molecule has 10 heterocycles. The van der Waals surface area contributed by atoms with Gasteiger partial charge in [0.2, 0.25) is 5.88 Å². The number of piperidine rings is 2. The smallest absolute Gasteiger partial charge is 0.416 e. The Morgan fingerprint density at radius 1 is 0.625 bits per heavy atom. The fraction of sp³-hybridized carbons (Fsp3) is 0.541. The first-order chi connectivity index (χ1) is 41.7. The number of carbonyl (C=O) groups is 2. The van der Waals surface area contributed by atoms with Gasteiger partial charge in [0.05, 0.1) is 57.3 Å². The summed E-state index contributed by atoms with van der Waals surface area (Å²) in [5.74, 6) is -7.04. The van der Waals surface area contributed by atoms with E-state index in [1.54, 1.807) is 53.0 Å². The van der Waals surface area contributed by atoms with Crippen molar-refractivity contribution in [3.8, 4) is 5.88 Å². The molecule has 2 aromatic carbocycles. The minimum Gasteiger partial charge on any atom is -0.477 e. The van der Waals surface area contributed by atoms with Crippen molar-refractivity contribution in [3.05, 3.63) is 134 Å². The molecule has 7 aliphatic rings. The van der Waals surface area contributed by atoms with Crippen LogP contribution in [0.1, 0.15) is 134 Å². The Hall–Kier alpha value is -7.10. The zero-order chi connectivity index (χ0) is 62.0. The standard InChI is InChI=1S/C61H64F10N12O5/c1-34-23-80(10-8-58(34,62)63)25-36-13-41-43(45(15-36)60(66,67)68)27-82(54(41)84)49-18-39(17-47(73-49)38-5-6-38)57(31-87-32-57)22-52-77-76-48(79(52)4)7-12-88-53-20-40(56(29-86-30-56)21-51-75-72-33-78(51)3)19-50(74-53)83-28-44-42(55(83)85)14-37(16-46(44)61(69,70)71)26-81-11-9-59(64,65)35(2)24-81/h13-20,33-35,38H,5-12,21-32H2,1-4H3/t34-,35-/m1/s1. The molecule has 468 valence electrons. The van der Waals surface area contributed by atoms with Crippen LogP contribution in [0, 0.1) is 11.8 Å². The number of halogens is 10. The molecule has 0 spiro atoms. The van der Waals surface area contributed by atoms with Crippen molar-refractivity contribution >= 4 is 23.5 Å². The Kier molecular flexibility index (Phi) is 14.9. The Bertz CT molecular complexity index is 3730. The van der Waals surface area contributed by atoms with E-state index in [4.69, 9.17) is 24.2 Å². The fourth-order valence-electron chi connectivity index (χ4n) is 13.2. The van der Waals surface area contributed by atoms with Gasteiger partial charge < -0.3 is 23.3 Å². The highest BCUT2D eigenvalue weighted by atomic mass is 19.4. The number of ether oxygens (including phenoxy) is 3. The number of carbonyl (C=O) groups excluding carboxylic acids is 2. The van der Waals surface area contributed by atoms with Crippen LogP contribution in [0.4, 0.5) is 55.5 Å². The average Bonchev–Trinajstić information content (AvgIpc) is 1.54. The zero-order valence-electron chi connectivity index (χ0n) is 48.8. The number of aromatic nitrogens is 8. The lowest BCUT2D eigenvalue weighted by atomic mass is 9.75. The second-order valence-electron chi connectivity index (χ2n) is 25.3. The number of rotatable bonds is 17. The summed E-state index contributed by atoms with van der Waals surface area (Å²) in [4.78, 5) is 44.3. The van der Waals surface area contributed by atoms with Crippen LogP contribution in [0.15, 0.2) is 54.9 Å². The van der Waals surface area contributed by atoms with E-state index < -0.39 is 89.2 Å². The summed E-state index contributed by atoms with van der Waals surface area (Å²) in [5.41, 5.74) is -1.59. The summed E-state index contributed by atoms with van der Waals surface area (Å²) in [6.07, 6.45) is -6.42. The normalized spacial score (nSPS) is 22.4. The number of hydrogen-bond acceptors (Lipinski definition) is 13. The minimum absolute atomic E-state index is 0.00403. The summed E-state index contributed by atoms with van der Waals surface area (Å²) < 4.78 is 169.